The summed E-state index contributed by atoms with van der Waals surface area (Å²) in [5, 5.41) is 3.61. The van der Waals surface area contributed by atoms with Gasteiger partial charge in [-0.05, 0) is 67.3 Å². The molecular formula is C30H35Cl2N3O5S. The minimum absolute atomic E-state index is 0.0105. The summed E-state index contributed by atoms with van der Waals surface area (Å²) >= 11 is 12.5. The zero-order valence-corrected chi connectivity index (χ0v) is 25.9. The van der Waals surface area contributed by atoms with Gasteiger partial charge in [0, 0.05) is 23.1 Å². The molecule has 0 aliphatic rings. The average Bonchev–Trinajstić information content (AvgIpc) is 2.96. The Labute approximate surface area is 252 Å². The van der Waals surface area contributed by atoms with Gasteiger partial charge in [-0.25, -0.2) is 8.42 Å². The molecular weight excluding hydrogens is 585 g/mol. The number of benzene rings is 3. The molecule has 3 aromatic rings. The van der Waals surface area contributed by atoms with E-state index in [2.05, 4.69) is 5.32 Å². The zero-order valence-electron chi connectivity index (χ0n) is 23.6. The summed E-state index contributed by atoms with van der Waals surface area (Å²) in [6, 6.07) is 17.0. The summed E-state index contributed by atoms with van der Waals surface area (Å²) < 4.78 is 34.6. The minimum atomic E-state index is -4.22. The lowest BCUT2D eigenvalue weighted by Gasteiger charge is -2.33. The van der Waals surface area contributed by atoms with Crippen LogP contribution in [0.1, 0.15) is 37.8 Å². The molecule has 0 aromatic heterocycles. The Bertz CT molecular complexity index is 1470. The molecule has 0 aliphatic carbocycles. The van der Waals surface area contributed by atoms with E-state index in [1.54, 1.807) is 61.5 Å². The van der Waals surface area contributed by atoms with Gasteiger partial charge >= 0.3 is 0 Å². The average molecular weight is 621 g/mol. The van der Waals surface area contributed by atoms with Crippen molar-refractivity contribution in [2.45, 2.75) is 51.1 Å². The van der Waals surface area contributed by atoms with Gasteiger partial charge in [-0.2, -0.15) is 0 Å². The van der Waals surface area contributed by atoms with E-state index in [4.69, 9.17) is 27.9 Å². The number of carbonyl (C=O) groups is 2. The largest absolute Gasteiger partial charge is 0.495 e. The van der Waals surface area contributed by atoms with Crippen molar-refractivity contribution in [2.24, 2.45) is 0 Å². The van der Waals surface area contributed by atoms with E-state index in [0.717, 1.165) is 16.3 Å². The molecule has 0 saturated carbocycles. The molecule has 11 heteroatoms. The molecule has 0 saturated heterocycles. The van der Waals surface area contributed by atoms with Gasteiger partial charge in [0.2, 0.25) is 11.8 Å². The summed E-state index contributed by atoms with van der Waals surface area (Å²) in [5.74, 6) is -0.640. The van der Waals surface area contributed by atoms with Crippen LogP contribution >= 0.6 is 23.2 Å². The number of methoxy groups -OCH3 is 1. The molecule has 3 aromatic carbocycles. The van der Waals surface area contributed by atoms with Crippen molar-refractivity contribution in [1.82, 2.24) is 10.2 Å². The van der Waals surface area contributed by atoms with Crippen LogP contribution in [0.3, 0.4) is 0 Å². The number of anilines is 1. The summed E-state index contributed by atoms with van der Waals surface area (Å²) in [7, 11) is -2.79. The van der Waals surface area contributed by atoms with Gasteiger partial charge in [0.05, 0.1) is 17.7 Å². The van der Waals surface area contributed by atoms with E-state index in [9.17, 15) is 18.0 Å². The van der Waals surface area contributed by atoms with Crippen molar-refractivity contribution >= 4 is 50.7 Å². The fraction of sp³-hybridized carbons (Fsp3) is 0.333. The Morgan fingerprint density at radius 1 is 1.00 bits per heavy atom. The molecule has 0 bridgehead atoms. The van der Waals surface area contributed by atoms with Crippen molar-refractivity contribution in [3.05, 3.63) is 87.9 Å². The molecule has 3 rings (SSSR count). The van der Waals surface area contributed by atoms with Crippen LogP contribution in [0.5, 0.6) is 5.75 Å². The maximum atomic E-state index is 14.2. The molecule has 41 heavy (non-hydrogen) atoms. The second-order valence-corrected chi connectivity index (χ2v) is 12.2. The van der Waals surface area contributed by atoms with E-state index < -0.39 is 28.5 Å². The van der Waals surface area contributed by atoms with Crippen molar-refractivity contribution in [3.63, 3.8) is 0 Å². The molecule has 2 amide bonds. The number of hydrogen-bond donors (Lipinski definition) is 1. The summed E-state index contributed by atoms with van der Waals surface area (Å²) in [6.07, 6.45) is 1.01. The first-order valence-corrected chi connectivity index (χ1v) is 15.5. The number of nitrogens with one attached hydrogen (secondary N) is 1. The monoisotopic (exact) mass is 619 g/mol. The lowest BCUT2D eigenvalue weighted by atomic mass is 10.1. The number of hydrogen-bond acceptors (Lipinski definition) is 5. The molecule has 0 fully saturated rings. The predicted octanol–water partition coefficient (Wildman–Crippen LogP) is 5.84. The van der Waals surface area contributed by atoms with Gasteiger partial charge in [0.1, 0.15) is 18.3 Å². The van der Waals surface area contributed by atoms with Crippen molar-refractivity contribution < 1.29 is 22.7 Å². The Hall–Kier alpha value is -3.27. The smallest absolute Gasteiger partial charge is 0.264 e. The van der Waals surface area contributed by atoms with Crippen LogP contribution in [0.15, 0.2) is 71.6 Å². The van der Waals surface area contributed by atoms with Gasteiger partial charge in [-0.15, -0.1) is 0 Å². The number of sulfonamides is 1. The molecule has 1 N–H and O–H groups in total. The standard InChI is InChI=1S/C30H35Cl2N3O5S/c1-5-16-33-30(37)26(6-2)34(19-22-13-14-23(31)18-25(22)32)29(36)20-35(27-17-21(3)12-15-28(27)40-4)41(38,39)24-10-8-7-9-11-24/h7-15,17-18,26H,5-6,16,19-20H2,1-4H3,(H,33,37). The van der Waals surface area contributed by atoms with Crippen LogP contribution in [-0.4, -0.2) is 51.4 Å². The number of amides is 2. The predicted molar refractivity (Wildman–Crippen MR) is 163 cm³/mol. The number of carbonyl (C=O) groups excluding carboxylic acids is 2. The molecule has 0 aliphatic heterocycles. The van der Waals surface area contributed by atoms with E-state index in [0.29, 0.717) is 28.6 Å². The maximum absolute atomic E-state index is 14.2. The third-order valence-corrected chi connectivity index (χ3v) is 8.86. The van der Waals surface area contributed by atoms with Gasteiger partial charge in [0.15, 0.2) is 0 Å². The van der Waals surface area contributed by atoms with E-state index in [1.807, 2.05) is 13.8 Å². The van der Waals surface area contributed by atoms with Gasteiger partial charge in [-0.3, -0.25) is 13.9 Å². The van der Waals surface area contributed by atoms with Gasteiger partial charge in [-0.1, -0.05) is 67.4 Å². The SMILES string of the molecule is CCCNC(=O)C(CC)N(Cc1ccc(Cl)cc1Cl)C(=O)CN(c1cc(C)ccc1OC)S(=O)(=O)c1ccccc1. The molecule has 220 valence electrons. The van der Waals surface area contributed by atoms with Crippen LogP contribution < -0.4 is 14.4 Å². The molecule has 0 heterocycles. The first-order chi connectivity index (χ1) is 19.5. The van der Waals surface area contributed by atoms with Crippen molar-refractivity contribution in [1.29, 1.82) is 0 Å². The topological polar surface area (TPSA) is 96.0 Å². The highest BCUT2D eigenvalue weighted by Gasteiger charge is 2.35. The molecule has 8 nitrogen and oxygen atoms in total. The lowest BCUT2D eigenvalue weighted by molar-refractivity contribution is -0.140. The second-order valence-electron chi connectivity index (χ2n) is 9.47. The maximum Gasteiger partial charge on any atom is 0.264 e. The summed E-state index contributed by atoms with van der Waals surface area (Å²) in [4.78, 5) is 28.8. The van der Waals surface area contributed by atoms with Crippen LogP contribution in [0.4, 0.5) is 5.69 Å². The number of halogens is 2. The zero-order chi connectivity index (χ0) is 30.2. The quantitative estimate of drug-likeness (QED) is 0.259. The second kappa shape index (κ2) is 14.6. The van der Waals surface area contributed by atoms with Gasteiger partial charge in [0.25, 0.3) is 10.0 Å². The number of nitrogens with zero attached hydrogens (tertiary/aromatic N) is 2. The molecule has 0 radical (unpaired) electrons. The molecule has 0 spiro atoms. The Balaban J connectivity index is 2.13. The van der Waals surface area contributed by atoms with Crippen molar-refractivity contribution in [2.75, 3.05) is 24.5 Å². The fourth-order valence-electron chi connectivity index (χ4n) is 4.35. The number of rotatable bonds is 13. The molecule has 1 unspecified atom stereocenters. The van der Waals surface area contributed by atoms with E-state index in [1.165, 1.54) is 24.1 Å². The van der Waals surface area contributed by atoms with Gasteiger partial charge < -0.3 is 15.0 Å². The third-order valence-electron chi connectivity index (χ3n) is 6.50. The summed E-state index contributed by atoms with van der Waals surface area (Å²) in [5.41, 5.74) is 1.55. The Kier molecular flexibility index (Phi) is 11.5. The lowest BCUT2D eigenvalue weighted by Crippen LogP contribution is -2.52. The highest BCUT2D eigenvalue weighted by molar-refractivity contribution is 7.92. The van der Waals surface area contributed by atoms with Crippen LogP contribution in [0.2, 0.25) is 10.0 Å². The highest BCUT2D eigenvalue weighted by atomic mass is 35.5. The third kappa shape index (κ3) is 7.93. The first-order valence-electron chi connectivity index (χ1n) is 13.3. The van der Waals surface area contributed by atoms with Crippen LogP contribution in [0, 0.1) is 6.92 Å². The first kappa shape index (κ1) is 32.2. The highest BCUT2D eigenvalue weighted by Crippen LogP contribution is 2.34. The Morgan fingerprint density at radius 2 is 1.71 bits per heavy atom. The summed E-state index contributed by atoms with van der Waals surface area (Å²) in [6.45, 7) is 5.37. The fourth-order valence-corrected chi connectivity index (χ4v) is 6.25. The Morgan fingerprint density at radius 3 is 2.32 bits per heavy atom. The molecule has 1 atom stereocenters. The number of ether oxygens (including phenoxy) is 1. The number of aryl methyl sites for hydroxylation is 1. The van der Waals surface area contributed by atoms with Crippen molar-refractivity contribution in [3.8, 4) is 5.75 Å². The van der Waals surface area contributed by atoms with Crippen LogP contribution in [0.25, 0.3) is 0 Å². The minimum Gasteiger partial charge on any atom is -0.495 e. The van der Waals surface area contributed by atoms with E-state index in [-0.39, 0.29) is 28.8 Å². The normalized spacial score (nSPS) is 12.0. The van der Waals surface area contributed by atoms with E-state index >= 15 is 0 Å². The van der Waals surface area contributed by atoms with Crippen LogP contribution in [-0.2, 0) is 26.2 Å².